The number of piperidine rings is 1. The Morgan fingerprint density at radius 2 is 1.71 bits per heavy atom. The van der Waals surface area contributed by atoms with Gasteiger partial charge in [0.05, 0.1) is 11.8 Å². The number of hydrogen-bond donors (Lipinski definition) is 0. The van der Waals surface area contributed by atoms with Crippen molar-refractivity contribution in [3.05, 3.63) is 49.1 Å². The molecule has 1 aliphatic heterocycles. The van der Waals surface area contributed by atoms with Crippen molar-refractivity contribution in [1.82, 2.24) is 9.55 Å². The number of aryl methyl sites for hydroxylation is 2. The highest BCUT2D eigenvalue weighted by Crippen LogP contribution is 2.39. The van der Waals surface area contributed by atoms with Gasteiger partial charge in [-0.15, -0.1) is 0 Å². The number of nitriles is 1. The van der Waals surface area contributed by atoms with Gasteiger partial charge in [-0.25, -0.2) is 4.98 Å². The molecule has 1 saturated heterocycles. The molecule has 0 radical (unpaired) electrons. The third kappa shape index (κ3) is 3.51. The molecule has 3 heterocycles. The maximum atomic E-state index is 9.21. The first-order valence-electron chi connectivity index (χ1n) is 9.18. The predicted molar refractivity (Wildman–Crippen MR) is 124 cm³/mol. The molecule has 1 aliphatic rings. The molecule has 28 heavy (non-hydrogen) atoms. The Labute approximate surface area is 189 Å². The molecule has 1 fully saturated rings. The summed E-state index contributed by atoms with van der Waals surface area (Å²) in [6, 6.07) is 8.69. The molecule has 7 heteroatoms. The van der Waals surface area contributed by atoms with Crippen LogP contribution in [0.4, 0.5) is 5.69 Å². The van der Waals surface area contributed by atoms with Crippen LogP contribution in [0.5, 0.6) is 0 Å². The van der Waals surface area contributed by atoms with Crippen LogP contribution in [0.3, 0.4) is 0 Å². The molecule has 0 spiro atoms. The number of fused-ring (bicyclic) bond motifs is 1. The van der Waals surface area contributed by atoms with Gasteiger partial charge in [0.2, 0.25) is 0 Å². The largest absolute Gasteiger partial charge is 0.371 e. The summed E-state index contributed by atoms with van der Waals surface area (Å²) in [5, 5.41) is 10.4. The fraction of sp³-hybridized carbons (Fsp3) is 0.333. The molecule has 0 N–H and O–H groups in total. The van der Waals surface area contributed by atoms with Crippen LogP contribution in [0.1, 0.15) is 24.1 Å². The summed E-state index contributed by atoms with van der Waals surface area (Å²) in [5.41, 5.74) is 5.40. The van der Waals surface area contributed by atoms with Crippen LogP contribution >= 0.6 is 47.8 Å². The zero-order valence-electron chi connectivity index (χ0n) is 15.6. The highest BCUT2D eigenvalue weighted by Gasteiger charge is 2.24. The van der Waals surface area contributed by atoms with E-state index in [1.807, 2.05) is 19.1 Å². The van der Waals surface area contributed by atoms with Crippen LogP contribution < -0.4 is 4.90 Å². The lowest BCUT2D eigenvalue weighted by Crippen LogP contribution is -2.33. The number of anilines is 1. The highest BCUT2D eigenvalue weighted by molar-refractivity contribution is 9.11. The Bertz CT molecular complexity index is 1080. The van der Waals surface area contributed by atoms with Crippen LogP contribution in [0.2, 0.25) is 0 Å². The Morgan fingerprint density at radius 1 is 1.07 bits per heavy atom. The number of hydrogen-bond acceptors (Lipinski definition) is 3. The predicted octanol–water partition coefficient (Wildman–Crippen LogP) is 6.67. The van der Waals surface area contributed by atoms with E-state index in [2.05, 4.69) is 82.5 Å². The molecule has 0 saturated carbocycles. The second kappa shape index (κ2) is 7.81. The van der Waals surface area contributed by atoms with Gasteiger partial charge in [-0.05, 0) is 82.3 Å². The van der Waals surface area contributed by atoms with Crippen molar-refractivity contribution in [1.29, 1.82) is 5.26 Å². The van der Waals surface area contributed by atoms with Crippen LogP contribution in [-0.4, -0.2) is 22.6 Å². The van der Waals surface area contributed by atoms with E-state index in [1.54, 1.807) is 0 Å². The second-order valence-corrected chi connectivity index (χ2v) is 9.90. The van der Waals surface area contributed by atoms with Gasteiger partial charge in [0.1, 0.15) is 5.65 Å². The lowest BCUT2D eigenvalue weighted by molar-refractivity contribution is 0.488. The molecule has 0 unspecified atom stereocenters. The number of nitrogens with zero attached hydrogens (tertiary/aromatic N) is 4. The molecular formula is C21H19Br3N4. The summed E-state index contributed by atoms with van der Waals surface area (Å²) in [6.45, 7) is 6.01. The lowest BCUT2D eigenvalue weighted by Gasteiger charge is -2.32. The van der Waals surface area contributed by atoms with Crippen molar-refractivity contribution in [3.63, 3.8) is 0 Å². The number of benzene rings is 1. The molecule has 144 valence electrons. The maximum absolute atomic E-state index is 9.21. The first kappa shape index (κ1) is 19.9. The molecule has 1 aromatic carbocycles. The first-order chi connectivity index (χ1) is 13.4. The summed E-state index contributed by atoms with van der Waals surface area (Å²) >= 11 is 11.0. The summed E-state index contributed by atoms with van der Waals surface area (Å²) in [6.07, 6.45) is 3.99. The Kier molecular flexibility index (Phi) is 5.56. The minimum atomic E-state index is 0.176. The monoisotopic (exact) mass is 564 g/mol. The van der Waals surface area contributed by atoms with E-state index in [9.17, 15) is 5.26 Å². The molecule has 0 atom stereocenters. The minimum absolute atomic E-state index is 0.176. The average Bonchev–Trinajstić information content (AvgIpc) is 2.96. The third-order valence-electron chi connectivity index (χ3n) is 5.29. The van der Waals surface area contributed by atoms with Gasteiger partial charge >= 0.3 is 0 Å². The zero-order chi connectivity index (χ0) is 20.0. The number of aromatic nitrogens is 2. The van der Waals surface area contributed by atoms with Crippen molar-refractivity contribution >= 4 is 64.5 Å². The van der Waals surface area contributed by atoms with E-state index in [1.165, 1.54) is 16.6 Å². The van der Waals surface area contributed by atoms with Crippen molar-refractivity contribution in [2.24, 2.45) is 5.92 Å². The molecule has 0 amide bonds. The first-order valence-corrected chi connectivity index (χ1v) is 11.6. The van der Waals surface area contributed by atoms with Crippen LogP contribution in [0, 0.1) is 31.1 Å². The quantitative estimate of drug-likeness (QED) is 0.348. The standard InChI is InChI=1S/C21H19Br3N4/c1-12-11-28(20-16(23)8-15(22)9-17(20)24)21-19(12)18(7-13(2)26-21)27-5-3-14(10-25)4-6-27/h7-9,11,14H,3-6H2,1-2H3. The van der Waals surface area contributed by atoms with Gasteiger partial charge in [0, 0.05) is 55.4 Å². The Morgan fingerprint density at radius 3 is 2.32 bits per heavy atom. The zero-order valence-corrected chi connectivity index (χ0v) is 20.4. The van der Waals surface area contributed by atoms with E-state index in [0.717, 1.165) is 56.4 Å². The highest BCUT2D eigenvalue weighted by atomic mass is 79.9. The van der Waals surface area contributed by atoms with Crippen molar-refractivity contribution < 1.29 is 0 Å². The number of rotatable bonds is 2. The molecular weight excluding hydrogens is 548 g/mol. The SMILES string of the molecule is Cc1cc(N2CCC(C#N)CC2)c2c(C)cn(-c3c(Br)cc(Br)cc3Br)c2n1. The average molecular weight is 567 g/mol. The van der Waals surface area contributed by atoms with Crippen molar-refractivity contribution in [2.75, 3.05) is 18.0 Å². The smallest absolute Gasteiger partial charge is 0.147 e. The van der Waals surface area contributed by atoms with E-state index < -0.39 is 0 Å². The van der Waals surface area contributed by atoms with Crippen LogP contribution in [0.25, 0.3) is 16.7 Å². The van der Waals surface area contributed by atoms with Crippen LogP contribution in [0.15, 0.2) is 37.8 Å². The third-order valence-corrected chi connectivity index (χ3v) is 6.96. The fourth-order valence-corrected chi connectivity index (χ4v) is 6.59. The van der Waals surface area contributed by atoms with Gasteiger partial charge in [0.15, 0.2) is 0 Å². The topological polar surface area (TPSA) is 44.9 Å². The lowest BCUT2D eigenvalue weighted by atomic mass is 9.97. The fourth-order valence-electron chi connectivity index (χ4n) is 3.95. The molecule has 2 aromatic heterocycles. The number of halogens is 3. The van der Waals surface area contributed by atoms with Crippen LogP contribution in [-0.2, 0) is 0 Å². The maximum Gasteiger partial charge on any atom is 0.147 e. The molecule has 4 nitrogen and oxygen atoms in total. The van der Waals surface area contributed by atoms with Gasteiger partial charge in [-0.2, -0.15) is 5.26 Å². The van der Waals surface area contributed by atoms with Crippen molar-refractivity contribution in [3.8, 4) is 11.8 Å². The van der Waals surface area contributed by atoms with Gasteiger partial charge < -0.3 is 4.90 Å². The van der Waals surface area contributed by atoms with Gasteiger partial charge in [0.25, 0.3) is 0 Å². The second-order valence-electron chi connectivity index (χ2n) is 7.27. The normalized spacial score (nSPS) is 15.2. The summed E-state index contributed by atoms with van der Waals surface area (Å²) < 4.78 is 5.15. The summed E-state index contributed by atoms with van der Waals surface area (Å²) in [5.74, 6) is 0.176. The molecule has 0 bridgehead atoms. The van der Waals surface area contributed by atoms with Gasteiger partial charge in [-0.1, -0.05) is 15.9 Å². The summed E-state index contributed by atoms with van der Waals surface area (Å²) in [4.78, 5) is 7.31. The molecule has 3 aromatic rings. The van der Waals surface area contributed by atoms with E-state index in [0.29, 0.717) is 0 Å². The molecule has 4 rings (SSSR count). The van der Waals surface area contributed by atoms with E-state index in [-0.39, 0.29) is 5.92 Å². The van der Waals surface area contributed by atoms with E-state index >= 15 is 0 Å². The number of pyridine rings is 1. The van der Waals surface area contributed by atoms with E-state index in [4.69, 9.17) is 4.98 Å². The van der Waals surface area contributed by atoms with Crippen molar-refractivity contribution in [2.45, 2.75) is 26.7 Å². The Balaban J connectivity index is 1.89. The Hall–Kier alpha value is -1.36. The minimum Gasteiger partial charge on any atom is -0.371 e. The van der Waals surface area contributed by atoms with Gasteiger partial charge in [-0.3, -0.25) is 4.57 Å². The summed E-state index contributed by atoms with van der Waals surface area (Å²) in [7, 11) is 0. The molecule has 0 aliphatic carbocycles.